The van der Waals surface area contributed by atoms with E-state index in [4.69, 9.17) is 6.42 Å². The zero-order valence-electron chi connectivity index (χ0n) is 41.3. The molecule has 69 heavy (non-hydrogen) atoms. The largest absolute Gasteiger partial charge is 0.507 e. The van der Waals surface area contributed by atoms with Gasteiger partial charge in [0.05, 0.1) is 17.5 Å². The van der Waals surface area contributed by atoms with E-state index in [0.717, 1.165) is 88.1 Å². The van der Waals surface area contributed by atoms with Crippen LogP contribution in [0, 0.1) is 23.7 Å². The molecule has 0 spiro atoms. The molecule has 5 fully saturated rings. The maximum atomic E-state index is 14.2. The second-order valence-electron chi connectivity index (χ2n) is 21.0. The number of para-hydroxylation sites is 1. The smallest absolute Gasteiger partial charge is 0.318 e. The minimum absolute atomic E-state index is 0.0322. The second-order valence-corrected chi connectivity index (χ2v) is 21.0. The highest BCUT2D eigenvalue weighted by Crippen LogP contribution is 2.35. The van der Waals surface area contributed by atoms with E-state index in [0.29, 0.717) is 42.3 Å². The average molecular weight is 946 g/mol. The number of piperidine rings is 1. The van der Waals surface area contributed by atoms with Crippen LogP contribution < -0.4 is 20.9 Å². The van der Waals surface area contributed by atoms with Gasteiger partial charge in [-0.05, 0) is 106 Å². The molecule has 0 radical (unpaired) electrons. The third kappa shape index (κ3) is 12.3. The summed E-state index contributed by atoms with van der Waals surface area (Å²) in [5, 5.41) is 39.5. The van der Waals surface area contributed by atoms with Crippen molar-refractivity contribution in [2.45, 2.75) is 109 Å². The van der Waals surface area contributed by atoms with Crippen molar-refractivity contribution in [3.63, 3.8) is 0 Å². The average Bonchev–Trinajstić information content (AvgIpc) is 3.77. The number of piperazine rings is 2. The Hall–Kier alpha value is -5.47. The number of nitrogens with one attached hydrogen (secondary N) is 3. The fraction of sp³-hybridized carbons (Fsp3) is 0.604. The fourth-order valence-electron chi connectivity index (χ4n) is 11.2. The summed E-state index contributed by atoms with van der Waals surface area (Å²) < 4.78 is 0. The number of aromatic nitrogens is 2. The number of hydrogen-bond donors (Lipinski definition) is 5. The molecule has 5 aliphatic rings. The molecule has 2 aromatic carbocycles. The number of anilines is 2. The highest BCUT2D eigenvalue weighted by atomic mass is 16.3. The molecule has 0 bridgehead atoms. The first-order valence-electron chi connectivity index (χ1n) is 25.5. The molecule has 16 heteroatoms. The number of rotatable bonds is 13. The molecule has 8 rings (SSSR count). The monoisotopic (exact) mass is 946 g/mol. The first-order chi connectivity index (χ1) is 33.3. The van der Waals surface area contributed by atoms with E-state index in [1.165, 1.54) is 43.4 Å². The molecule has 1 saturated carbocycles. The summed E-state index contributed by atoms with van der Waals surface area (Å²) >= 11 is 0. The second kappa shape index (κ2) is 22.5. The van der Waals surface area contributed by atoms with Crippen LogP contribution in [0.5, 0.6) is 5.75 Å². The Balaban J connectivity index is 0.743. The van der Waals surface area contributed by atoms with Crippen LogP contribution in [0.15, 0.2) is 54.6 Å². The number of β-amino-alcohol motifs (C(OH)–C–C–N with tert-alkyl or cyclic N) is 1. The summed E-state index contributed by atoms with van der Waals surface area (Å²) in [5.74, 6) is 3.53. The van der Waals surface area contributed by atoms with Crippen molar-refractivity contribution >= 4 is 29.4 Å². The zero-order valence-corrected chi connectivity index (χ0v) is 41.3. The quantitative estimate of drug-likeness (QED) is 0.153. The lowest BCUT2D eigenvalue weighted by Gasteiger charge is -2.46. The van der Waals surface area contributed by atoms with Crippen LogP contribution >= 0.6 is 0 Å². The van der Waals surface area contributed by atoms with E-state index in [2.05, 4.69) is 64.7 Å². The maximum Gasteiger partial charge on any atom is 0.318 e. The van der Waals surface area contributed by atoms with Crippen LogP contribution in [0.1, 0.15) is 83.8 Å². The van der Waals surface area contributed by atoms with Gasteiger partial charge in [-0.2, -0.15) is 0 Å². The number of carbonyl (C=O) groups excluding carboxylic acids is 3. The van der Waals surface area contributed by atoms with E-state index >= 15 is 0 Å². The first kappa shape index (κ1) is 49.9. The molecule has 0 unspecified atom stereocenters. The fourth-order valence-corrected chi connectivity index (χ4v) is 11.2. The van der Waals surface area contributed by atoms with Crippen molar-refractivity contribution in [3.05, 3.63) is 65.7 Å². The van der Waals surface area contributed by atoms with Crippen LogP contribution in [0.4, 0.5) is 16.3 Å². The number of carbonyl (C=O) groups is 3. The number of nitrogens with zero attached hydrogens (tertiary/aromatic N) is 8. The van der Waals surface area contributed by atoms with Gasteiger partial charge in [-0.1, -0.05) is 51.0 Å². The lowest BCUT2D eigenvalue weighted by atomic mass is 9.85. The van der Waals surface area contributed by atoms with E-state index in [9.17, 15) is 24.6 Å². The number of hydrogen-bond acceptors (Lipinski definition) is 12. The molecule has 3 atom stereocenters. The Morgan fingerprint density at radius 1 is 0.841 bits per heavy atom. The Bertz CT molecular complexity index is 2250. The van der Waals surface area contributed by atoms with Crippen LogP contribution in [0.25, 0.3) is 11.3 Å². The van der Waals surface area contributed by atoms with Gasteiger partial charge >= 0.3 is 6.03 Å². The summed E-state index contributed by atoms with van der Waals surface area (Å²) in [6, 6.07) is 16.0. The van der Waals surface area contributed by atoms with Crippen molar-refractivity contribution in [2.24, 2.45) is 11.3 Å². The standard InChI is InChI=1S/C53H75N11O5/c1-6-37-12-14-38(15-13-37)34-55-50(67)46-32-42(65)36-64(46)51(68)48(53(3,4)5)56-52(69)63-26-24-59(25-27-63)35-39-20-22-60(23-21-39)40-16-18-41(19-17-40)61-28-30-62(31-29-61)45-33-44(57-58-49(45)54-7-2)43-10-8-9-11-47(43)66/h1,8-15,33,39-42,46,48,65-66H,7,16-32,34-36H2,2-5H3,(H,54,58)(H,55,67)(H,56,69)/t40-,41+,42-,46+,48-/m1/s1. The van der Waals surface area contributed by atoms with E-state index in [1.807, 2.05) is 68.1 Å². The van der Waals surface area contributed by atoms with Crippen LogP contribution in [-0.4, -0.2) is 178 Å². The van der Waals surface area contributed by atoms with Gasteiger partial charge < -0.3 is 45.8 Å². The van der Waals surface area contributed by atoms with Crippen LogP contribution in [0.2, 0.25) is 0 Å². The number of phenolic OH excluding ortho intramolecular Hbond substituents is 1. The molecule has 372 valence electrons. The number of phenols is 1. The third-order valence-electron chi connectivity index (χ3n) is 15.3. The normalized spacial score (nSPS) is 23.9. The van der Waals surface area contributed by atoms with Gasteiger partial charge in [0, 0.05) is 108 Å². The molecule has 1 aromatic heterocycles. The topological polar surface area (TPSA) is 173 Å². The van der Waals surface area contributed by atoms with Crippen molar-refractivity contribution < 1.29 is 24.6 Å². The molecule has 1 aliphatic carbocycles. The highest BCUT2D eigenvalue weighted by Gasteiger charge is 2.45. The Morgan fingerprint density at radius 2 is 1.49 bits per heavy atom. The summed E-state index contributed by atoms with van der Waals surface area (Å²) in [7, 11) is 0. The van der Waals surface area contributed by atoms with E-state index in [-0.39, 0.29) is 43.1 Å². The summed E-state index contributed by atoms with van der Waals surface area (Å²) in [6.07, 6.45) is 12.2. The van der Waals surface area contributed by atoms with Crippen molar-refractivity contribution in [1.29, 1.82) is 0 Å². The lowest BCUT2D eigenvalue weighted by molar-refractivity contribution is -0.142. The van der Waals surface area contributed by atoms with Gasteiger partial charge in [-0.15, -0.1) is 16.6 Å². The van der Waals surface area contributed by atoms with Crippen molar-refractivity contribution in [2.75, 3.05) is 95.3 Å². The number of benzene rings is 2. The third-order valence-corrected chi connectivity index (χ3v) is 15.3. The minimum Gasteiger partial charge on any atom is -0.507 e. The molecular weight excluding hydrogens is 871 g/mol. The summed E-state index contributed by atoms with van der Waals surface area (Å²) in [4.78, 5) is 55.0. The molecule has 4 amide bonds. The zero-order chi connectivity index (χ0) is 48.7. The predicted octanol–water partition coefficient (Wildman–Crippen LogP) is 4.43. The number of aliphatic hydroxyl groups excluding tert-OH is 1. The Morgan fingerprint density at radius 3 is 2.12 bits per heavy atom. The highest BCUT2D eigenvalue weighted by molar-refractivity contribution is 5.93. The number of terminal acetylenes is 1. The molecule has 16 nitrogen and oxygen atoms in total. The molecule has 3 aromatic rings. The predicted molar refractivity (Wildman–Crippen MR) is 270 cm³/mol. The first-order valence-corrected chi connectivity index (χ1v) is 25.5. The Labute approximate surface area is 409 Å². The van der Waals surface area contributed by atoms with Gasteiger partial charge in [-0.3, -0.25) is 19.4 Å². The number of aliphatic hydroxyl groups is 1. The SMILES string of the molecule is C#Cc1ccc(CNC(=O)[C@@H]2C[C@@H](O)CN2C(=O)[C@@H](NC(=O)N2CCN(CC3CCN([C@H]4CC[C@@H](N5CCN(c6cc(-c7ccccc7O)nnc6NCC)CC5)CC4)CC3)CC2)C(C)(C)C)cc1. The molecule has 5 heterocycles. The van der Waals surface area contributed by atoms with Crippen LogP contribution in [0.3, 0.4) is 0 Å². The number of amides is 4. The number of aromatic hydroxyl groups is 1. The molecule has 4 saturated heterocycles. The van der Waals surface area contributed by atoms with Crippen LogP contribution in [-0.2, 0) is 16.1 Å². The van der Waals surface area contributed by atoms with E-state index < -0.39 is 23.6 Å². The van der Waals surface area contributed by atoms with Gasteiger partial charge in [-0.25, -0.2) is 4.79 Å². The minimum atomic E-state index is -0.878. The van der Waals surface area contributed by atoms with Gasteiger partial charge in [0.1, 0.15) is 17.8 Å². The van der Waals surface area contributed by atoms with Crippen molar-refractivity contribution in [3.8, 4) is 29.4 Å². The molecule has 5 N–H and O–H groups in total. The van der Waals surface area contributed by atoms with Gasteiger partial charge in [0.2, 0.25) is 11.8 Å². The number of likely N-dealkylation sites (tertiary alicyclic amines) is 2. The lowest BCUT2D eigenvalue weighted by Crippen LogP contribution is -2.61. The van der Waals surface area contributed by atoms with Gasteiger partial charge in [0.15, 0.2) is 5.82 Å². The van der Waals surface area contributed by atoms with E-state index in [1.54, 1.807) is 6.07 Å². The summed E-state index contributed by atoms with van der Waals surface area (Å²) in [6.45, 7) is 18.9. The maximum absolute atomic E-state index is 14.2. The van der Waals surface area contributed by atoms with Gasteiger partial charge in [0.25, 0.3) is 0 Å². The number of urea groups is 1. The molecular formula is C53H75N11O5. The summed E-state index contributed by atoms with van der Waals surface area (Å²) in [5.41, 5.74) is 3.40. The molecule has 4 aliphatic heterocycles. The van der Waals surface area contributed by atoms with Crippen molar-refractivity contribution in [1.82, 2.24) is 45.3 Å². The Kier molecular flexibility index (Phi) is 16.3.